The lowest BCUT2D eigenvalue weighted by atomic mass is 9.93. The second-order valence-electron chi connectivity index (χ2n) is 6.87. The normalized spacial score (nSPS) is 28.4. The van der Waals surface area contributed by atoms with Crippen molar-refractivity contribution in [2.45, 2.75) is 64.1 Å². The van der Waals surface area contributed by atoms with Gasteiger partial charge >= 0.3 is 0 Å². The Labute approximate surface area is 128 Å². The van der Waals surface area contributed by atoms with E-state index in [2.05, 4.69) is 18.7 Å². The molecule has 0 aliphatic carbocycles. The van der Waals surface area contributed by atoms with E-state index in [0.717, 1.165) is 58.5 Å². The molecule has 0 aromatic rings. The van der Waals surface area contributed by atoms with Gasteiger partial charge in [0.2, 0.25) is 5.91 Å². The van der Waals surface area contributed by atoms with E-state index < -0.39 is 5.54 Å². The lowest BCUT2D eigenvalue weighted by Crippen LogP contribution is -2.57. The predicted octanol–water partition coefficient (Wildman–Crippen LogP) is 1.22. The molecular weight excluding hydrogens is 266 g/mol. The van der Waals surface area contributed by atoms with Crippen LogP contribution < -0.4 is 5.73 Å². The van der Waals surface area contributed by atoms with Gasteiger partial charge < -0.3 is 15.4 Å². The minimum absolute atomic E-state index is 0.123. The molecule has 2 fully saturated rings. The quantitative estimate of drug-likeness (QED) is 0.847. The first-order chi connectivity index (χ1) is 9.94. The van der Waals surface area contributed by atoms with E-state index in [9.17, 15) is 4.79 Å². The maximum atomic E-state index is 12.5. The van der Waals surface area contributed by atoms with E-state index in [0.29, 0.717) is 12.1 Å². The van der Waals surface area contributed by atoms with Crippen molar-refractivity contribution in [3.8, 4) is 0 Å². The molecule has 2 unspecified atom stereocenters. The van der Waals surface area contributed by atoms with Crippen LogP contribution in [0.3, 0.4) is 0 Å². The first-order valence-corrected chi connectivity index (χ1v) is 8.38. The number of carbonyl (C=O) groups excluding carboxylic acids is 1. The van der Waals surface area contributed by atoms with Gasteiger partial charge in [0.25, 0.3) is 0 Å². The third-order valence-electron chi connectivity index (χ3n) is 4.80. The van der Waals surface area contributed by atoms with Crippen LogP contribution in [0.4, 0.5) is 0 Å². The molecule has 2 saturated heterocycles. The summed E-state index contributed by atoms with van der Waals surface area (Å²) in [6, 6.07) is 0.593. The molecule has 0 spiro atoms. The first-order valence-electron chi connectivity index (χ1n) is 8.38. The SMILES string of the molecule is CCCC(C)(N)C(=O)N1CCC(N2CCOC(C)C2)CC1. The molecule has 2 aliphatic rings. The average molecular weight is 297 g/mol. The van der Waals surface area contributed by atoms with Crippen LogP contribution in [0.2, 0.25) is 0 Å². The number of rotatable bonds is 4. The summed E-state index contributed by atoms with van der Waals surface area (Å²) in [5, 5.41) is 0. The predicted molar refractivity (Wildman–Crippen MR) is 84.1 cm³/mol. The van der Waals surface area contributed by atoms with Crippen LogP contribution in [0.5, 0.6) is 0 Å². The summed E-state index contributed by atoms with van der Waals surface area (Å²) in [4.78, 5) is 17.0. The van der Waals surface area contributed by atoms with E-state index in [1.54, 1.807) is 0 Å². The molecule has 2 N–H and O–H groups in total. The molecular formula is C16H31N3O2. The van der Waals surface area contributed by atoms with Crippen molar-refractivity contribution in [1.29, 1.82) is 0 Å². The van der Waals surface area contributed by atoms with Crippen LogP contribution in [0.25, 0.3) is 0 Å². The van der Waals surface area contributed by atoms with Gasteiger partial charge in [-0.2, -0.15) is 0 Å². The van der Waals surface area contributed by atoms with Crippen molar-refractivity contribution in [1.82, 2.24) is 9.80 Å². The molecule has 5 heteroatoms. The number of hydrogen-bond donors (Lipinski definition) is 1. The number of nitrogens with zero attached hydrogens (tertiary/aromatic N) is 2. The third-order valence-corrected chi connectivity index (χ3v) is 4.80. The minimum atomic E-state index is -0.699. The molecule has 2 heterocycles. The van der Waals surface area contributed by atoms with Gasteiger partial charge in [-0.05, 0) is 33.1 Å². The van der Waals surface area contributed by atoms with Gasteiger partial charge in [-0.15, -0.1) is 0 Å². The molecule has 0 saturated carbocycles. The number of ether oxygens (including phenoxy) is 1. The van der Waals surface area contributed by atoms with Crippen molar-refractivity contribution in [2.24, 2.45) is 5.73 Å². The monoisotopic (exact) mass is 297 g/mol. The van der Waals surface area contributed by atoms with Gasteiger partial charge in [-0.1, -0.05) is 13.3 Å². The Morgan fingerprint density at radius 3 is 2.57 bits per heavy atom. The number of nitrogens with two attached hydrogens (primary N) is 1. The third kappa shape index (κ3) is 4.18. The molecule has 0 aromatic carbocycles. The Hall–Kier alpha value is -0.650. The Morgan fingerprint density at radius 1 is 1.33 bits per heavy atom. The highest BCUT2D eigenvalue weighted by atomic mass is 16.5. The van der Waals surface area contributed by atoms with E-state index in [1.165, 1.54) is 0 Å². The van der Waals surface area contributed by atoms with Crippen molar-refractivity contribution in [3.63, 3.8) is 0 Å². The topological polar surface area (TPSA) is 58.8 Å². The summed E-state index contributed by atoms with van der Waals surface area (Å²) >= 11 is 0. The summed E-state index contributed by atoms with van der Waals surface area (Å²) < 4.78 is 5.61. The fourth-order valence-corrected chi connectivity index (χ4v) is 3.60. The zero-order valence-electron chi connectivity index (χ0n) is 13.8. The van der Waals surface area contributed by atoms with Gasteiger partial charge in [-0.25, -0.2) is 0 Å². The average Bonchev–Trinajstić information content (AvgIpc) is 2.46. The van der Waals surface area contributed by atoms with Gasteiger partial charge in [-0.3, -0.25) is 9.69 Å². The molecule has 0 bridgehead atoms. The Balaban J connectivity index is 1.84. The standard InChI is InChI=1S/C16H31N3O2/c1-4-7-16(3,17)15(20)18-8-5-14(6-9-18)19-10-11-21-13(2)12-19/h13-14H,4-12,17H2,1-3H3. The Bertz CT molecular complexity index is 351. The lowest BCUT2D eigenvalue weighted by Gasteiger charge is -2.43. The second-order valence-corrected chi connectivity index (χ2v) is 6.87. The molecule has 2 rings (SSSR count). The summed E-state index contributed by atoms with van der Waals surface area (Å²) in [6.07, 6.45) is 4.14. The maximum Gasteiger partial charge on any atom is 0.242 e. The number of morpholine rings is 1. The molecule has 0 radical (unpaired) electrons. The van der Waals surface area contributed by atoms with E-state index in [1.807, 2.05) is 11.8 Å². The smallest absolute Gasteiger partial charge is 0.242 e. The largest absolute Gasteiger partial charge is 0.376 e. The first kappa shape index (κ1) is 16.7. The second kappa shape index (κ2) is 7.07. The molecule has 2 atom stereocenters. The number of carbonyl (C=O) groups is 1. The number of piperidine rings is 1. The summed E-state index contributed by atoms with van der Waals surface area (Å²) in [5.74, 6) is 0.123. The number of hydrogen-bond acceptors (Lipinski definition) is 4. The summed E-state index contributed by atoms with van der Waals surface area (Å²) in [6.45, 7) is 10.6. The fourth-order valence-electron chi connectivity index (χ4n) is 3.60. The van der Waals surface area contributed by atoms with Crippen molar-refractivity contribution in [3.05, 3.63) is 0 Å². The van der Waals surface area contributed by atoms with Crippen LogP contribution >= 0.6 is 0 Å². The lowest BCUT2D eigenvalue weighted by molar-refractivity contribution is -0.138. The van der Waals surface area contributed by atoms with Gasteiger partial charge in [0.1, 0.15) is 0 Å². The Morgan fingerprint density at radius 2 is 2.00 bits per heavy atom. The molecule has 21 heavy (non-hydrogen) atoms. The van der Waals surface area contributed by atoms with Crippen LogP contribution in [0.15, 0.2) is 0 Å². The van der Waals surface area contributed by atoms with Crippen molar-refractivity contribution < 1.29 is 9.53 Å². The van der Waals surface area contributed by atoms with E-state index >= 15 is 0 Å². The zero-order valence-corrected chi connectivity index (χ0v) is 13.8. The molecule has 0 aromatic heterocycles. The molecule has 1 amide bonds. The van der Waals surface area contributed by atoms with Crippen LogP contribution in [-0.2, 0) is 9.53 Å². The fraction of sp³-hybridized carbons (Fsp3) is 0.938. The highest BCUT2D eigenvalue weighted by Crippen LogP contribution is 2.22. The summed E-state index contributed by atoms with van der Waals surface area (Å²) in [7, 11) is 0. The number of amides is 1. The van der Waals surface area contributed by atoms with Gasteiger partial charge in [0.05, 0.1) is 18.2 Å². The minimum Gasteiger partial charge on any atom is -0.376 e. The van der Waals surface area contributed by atoms with Crippen molar-refractivity contribution >= 4 is 5.91 Å². The summed E-state index contributed by atoms with van der Waals surface area (Å²) in [5.41, 5.74) is 5.48. The van der Waals surface area contributed by atoms with Crippen molar-refractivity contribution in [2.75, 3.05) is 32.8 Å². The molecule has 5 nitrogen and oxygen atoms in total. The molecule has 2 aliphatic heterocycles. The number of likely N-dealkylation sites (tertiary alicyclic amines) is 1. The van der Waals surface area contributed by atoms with Gasteiger partial charge in [0.15, 0.2) is 0 Å². The highest BCUT2D eigenvalue weighted by Gasteiger charge is 2.35. The van der Waals surface area contributed by atoms with E-state index in [4.69, 9.17) is 10.5 Å². The maximum absolute atomic E-state index is 12.5. The van der Waals surface area contributed by atoms with E-state index in [-0.39, 0.29) is 5.91 Å². The van der Waals surface area contributed by atoms with Crippen LogP contribution in [0.1, 0.15) is 46.5 Å². The zero-order chi connectivity index (χ0) is 15.5. The van der Waals surface area contributed by atoms with Crippen LogP contribution in [0, 0.1) is 0 Å². The molecule has 122 valence electrons. The van der Waals surface area contributed by atoms with Gasteiger partial charge in [0, 0.05) is 32.2 Å². The van der Waals surface area contributed by atoms with Crippen LogP contribution in [-0.4, -0.2) is 66.2 Å². The Kier molecular flexibility index (Phi) is 5.63. The highest BCUT2D eigenvalue weighted by molar-refractivity contribution is 5.85.